The second-order valence-electron chi connectivity index (χ2n) is 6.97. The highest BCUT2D eigenvalue weighted by Gasteiger charge is 2.34. The van der Waals surface area contributed by atoms with E-state index in [1.165, 1.54) is 0 Å². The summed E-state index contributed by atoms with van der Waals surface area (Å²) in [5, 5.41) is 0. The van der Waals surface area contributed by atoms with Crippen LogP contribution in [-0.2, 0) is 21.2 Å². The number of carbonyl (C=O) groups is 1. The van der Waals surface area contributed by atoms with E-state index in [0.717, 1.165) is 29.5 Å². The van der Waals surface area contributed by atoms with Crippen molar-refractivity contribution in [2.75, 3.05) is 17.4 Å². The van der Waals surface area contributed by atoms with E-state index in [4.69, 9.17) is 0 Å². The van der Waals surface area contributed by atoms with E-state index in [-0.39, 0.29) is 11.8 Å². The summed E-state index contributed by atoms with van der Waals surface area (Å²) in [7, 11) is -3.42. The Morgan fingerprint density at radius 1 is 1.15 bits per heavy atom. The van der Waals surface area contributed by atoms with Gasteiger partial charge >= 0.3 is 0 Å². The quantitative estimate of drug-likeness (QED) is 0.795. The molecule has 2 aromatic rings. The van der Waals surface area contributed by atoms with Gasteiger partial charge in [-0.05, 0) is 49.1 Å². The first-order valence-corrected chi connectivity index (χ1v) is 10.8. The first-order chi connectivity index (χ1) is 12.9. The number of fused-ring (bicyclic) bond motifs is 1. The van der Waals surface area contributed by atoms with Crippen LogP contribution in [0.3, 0.4) is 0 Å². The molecule has 2 aliphatic heterocycles. The third kappa shape index (κ3) is 3.15. The molecule has 6 nitrogen and oxygen atoms in total. The fourth-order valence-electron chi connectivity index (χ4n) is 3.78. The van der Waals surface area contributed by atoms with Gasteiger partial charge in [0.25, 0.3) is 0 Å². The Balaban J connectivity index is 1.68. The summed E-state index contributed by atoms with van der Waals surface area (Å²) in [5.74, 6) is 0.728. The van der Waals surface area contributed by atoms with Crippen molar-refractivity contribution in [3.63, 3.8) is 0 Å². The molecule has 1 unspecified atom stereocenters. The number of thiol groups is 1. The highest BCUT2D eigenvalue weighted by molar-refractivity contribution is 7.89. The average molecular weight is 404 g/mol. The van der Waals surface area contributed by atoms with E-state index in [0.29, 0.717) is 30.2 Å². The van der Waals surface area contributed by atoms with E-state index in [2.05, 4.69) is 17.8 Å². The van der Waals surface area contributed by atoms with Gasteiger partial charge in [0, 0.05) is 31.3 Å². The number of rotatable bonds is 4. The van der Waals surface area contributed by atoms with Gasteiger partial charge in [-0.2, -0.15) is 4.31 Å². The molecule has 0 N–H and O–H groups in total. The normalized spacial score (nSPS) is 20.1. The standard InChI is InChI=1S/C19H21N3O3S2/c1-13(23)18-12-17-16(8-9-20-19(17)22(18)26)14-4-6-15(7-5-14)27(24,25)21-10-2-3-11-21/h4-9,18,26H,2-3,10-12H2,1H3. The van der Waals surface area contributed by atoms with Crippen molar-refractivity contribution in [1.29, 1.82) is 0 Å². The van der Waals surface area contributed by atoms with Crippen molar-refractivity contribution in [2.45, 2.75) is 37.1 Å². The number of benzene rings is 1. The van der Waals surface area contributed by atoms with Crippen LogP contribution in [0.2, 0.25) is 0 Å². The number of pyridine rings is 1. The van der Waals surface area contributed by atoms with Crippen molar-refractivity contribution in [1.82, 2.24) is 9.29 Å². The molecule has 2 aliphatic rings. The van der Waals surface area contributed by atoms with Gasteiger partial charge in [0.05, 0.1) is 4.90 Å². The lowest BCUT2D eigenvalue weighted by molar-refractivity contribution is -0.117. The molecule has 1 atom stereocenters. The zero-order valence-electron chi connectivity index (χ0n) is 15.0. The van der Waals surface area contributed by atoms with Gasteiger partial charge in [-0.3, -0.25) is 9.10 Å². The Bertz CT molecular complexity index is 984. The van der Waals surface area contributed by atoms with Crippen molar-refractivity contribution in [3.05, 3.63) is 42.1 Å². The Morgan fingerprint density at radius 3 is 2.44 bits per heavy atom. The highest BCUT2D eigenvalue weighted by atomic mass is 32.2. The maximum Gasteiger partial charge on any atom is 0.243 e. The third-order valence-electron chi connectivity index (χ3n) is 5.28. The van der Waals surface area contributed by atoms with E-state index in [9.17, 15) is 13.2 Å². The fraction of sp³-hybridized carbons (Fsp3) is 0.368. The Labute approximate surface area is 164 Å². The molecule has 1 fully saturated rings. The molecule has 0 spiro atoms. The molecule has 0 aliphatic carbocycles. The minimum Gasteiger partial charge on any atom is -0.298 e. The topological polar surface area (TPSA) is 70.6 Å². The number of sulfonamides is 1. The number of hydrogen-bond donors (Lipinski definition) is 1. The highest BCUT2D eigenvalue weighted by Crippen LogP contribution is 2.38. The zero-order chi connectivity index (χ0) is 19.2. The van der Waals surface area contributed by atoms with Crippen molar-refractivity contribution in [2.24, 2.45) is 0 Å². The van der Waals surface area contributed by atoms with Crippen LogP contribution in [-0.4, -0.2) is 42.6 Å². The SMILES string of the molecule is CC(=O)C1Cc2c(-c3ccc(S(=O)(=O)N4CCCC4)cc3)ccnc2N1S. The van der Waals surface area contributed by atoms with Crippen LogP contribution >= 0.6 is 12.8 Å². The van der Waals surface area contributed by atoms with Crippen LogP contribution in [0, 0.1) is 0 Å². The lowest BCUT2D eigenvalue weighted by Crippen LogP contribution is -2.30. The van der Waals surface area contributed by atoms with Gasteiger partial charge in [0.2, 0.25) is 10.0 Å². The van der Waals surface area contributed by atoms with Gasteiger partial charge in [0.15, 0.2) is 5.78 Å². The number of hydrogen-bond acceptors (Lipinski definition) is 6. The van der Waals surface area contributed by atoms with Gasteiger partial charge < -0.3 is 0 Å². The van der Waals surface area contributed by atoms with Crippen molar-refractivity contribution >= 4 is 34.4 Å². The summed E-state index contributed by atoms with van der Waals surface area (Å²) >= 11 is 4.43. The van der Waals surface area contributed by atoms with E-state index < -0.39 is 10.0 Å². The summed E-state index contributed by atoms with van der Waals surface area (Å²) in [4.78, 5) is 16.5. The van der Waals surface area contributed by atoms with Crippen LogP contribution in [0.15, 0.2) is 41.4 Å². The van der Waals surface area contributed by atoms with Crippen LogP contribution in [0.1, 0.15) is 25.3 Å². The van der Waals surface area contributed by atoms with Crippen LogP contribution in [0.5, 0.6) is 0 Å². The Morgan fingerprint density at radius 2 is 1.81 bits per heavy atom. The molecule has 1 aromatic carbocycles. The molecule has 8 heteroatoms. The lowest BCUT2D eigenvalue weighted by atomic mass is 9.98. The largest absolute Gasteiger partial charge is 0.298 e. The number of Topliss-reactive ketones (excluding diaryl/α,β-unsaturated/α-hetero) is 1. The van der Waals surface area contributed by atoms with Crippen LogP contribution < -0.4 is 4.31 Å². The van der Waals surface area contributed by atoms with Gasteiger partial charge in [0.1, 0.15) is 11.9 Å². The maximum absolute atomic E-state index is 12.7. The second-order valence-corrected chi connectivity index (χ2v) is 9.34. The van der Waals surface area contributed by atoms with Crippen molar-refractivity contribution < 1.29 is 13.2 Å². The molecule has 3 heterocycles. The Hall–Kier alpha value is -1.90. The number of nitrogens with zero attached hydrogens (tertiary/aromatic N) is 3. The molecular weight excluding hydrogens is 382 g/mol. The summed E-state index contributed by atoms with van der Waals surface area (Å²) in [6, 6.07) is 8.53. The zero-order valence-corrected chi connectivity index (χ0v) is 16.7. The van der Waals surface area contributed by atoms with Crippen LogP contribution in [0.4, 0.5) is 5.82 Å². The van der Waals surface area contributed by atoms with Crippen LogP contribution in [0.25, 0.3) is 11.1 Å². The lowest BCUT2D eigenvalue weighted by Gasteiger charge is -2.17. The van der Waals surface area contributed by atoms with Gasteiger partial charge in [-0.25, -0.2) is 13.4 Å². The number of carbonyl (C=O) groups excluding carboxylic acids is 1. The molecule has 1 aromatic heterocycles. The molecule has 142 valence electrons. The molecule has 1 saturated heterocycles. The minimum absolute atomic E-state index is 0.0426. The predicted octanol–water partition coefficient (Wildman–Crippen LogP) is 2.70. The number of ketones is 1. The molecule has 0 amide bonds. The molecule has 0 bridgehead atoms. The molecule has 27 heavy (non-hydrogen) atoms. The second kappa shape index (κ2) is 6.92. The minimum atomic E-state index is -3.42. The Kier molecular flexibility index (Phi) is 4.73. The fourth-order valence-corrected chi connectivity index (χ4v) is 5.71. The summed E-state index contributed by atoms with van der Waals surface area (Å²) in [6.07, 6.45) is 4.07. The monoisotopic (exact) mass is 403 g/mol. The van der Waals surface area contributed by atoms with Crippen molar-refractivity contribution in [3.8, 4) is 11.1 Å². The predicted molar refractivity (Wildman–Crippen MR) is 107 cm³/mol. The van der Waals surface area contributed by atoms with E-state index in [1.54, 1.807) is 33.9 Å². The van der Waals surface area contributed by atoms with E-state index in [1.807, 2.05) is 18.2 Å². The summed E-state index contributed by atoms with van der Waals surface area (Å²) < 4.78 is 28.5. The van der Waals surface area contributed by atoms with Gasteiger partial charge in [-0.1, -0.05) is 24.9 Å². The third-order valence-corrected chi connectivity index (χ3v) is 7.66. The maximum atomic E-state index is 12.7. The summed E-state index contributed by atoms with van der Waals surface area (Å²) in [6.45, 7) is 2.73. The molecular formula is C19H21N3O3S2. The molecule has 0 saturated carbocycles. The average Bonchev–Trinajstić information content (AvgIpc) is 3.31. The summed E-state index contributed by atoms with van der Waals surface area (Å²) in [5.41, 5.74) is 2.82. The first-order valence-electron chi connectivity index (χ1n) is 8.96. The smallest absolute Gasteiger partial charge is 0.243 e. The van der Waals surface area contributed by atoms with Gasteiger partial charge in [-0.15, -0.1) is 0 Å². The molecule has 0 radical (unpaired) electrons. The van der Waals surface area contributed by atoms with E-state index >= 15 is 0 Å². The number of aromatic nitrogens is 1. The first kappa shape index (κ1) is 18.5. The molecule has 4 rings (SSSR count). The number of anilines is 1.